The first kappa shape index (κ1) is 19.8. The van der Waals surface area contributed by atoms with Crippen LogP contribution < -0.4 is 0 Å². The molecule has 116 valence electrons. The first-order valence-corrected chi connectivity index (χ1v) is 6.82. The summed E-state index contributed by atoms with van der Waals surface area (Å²) in [5, 5.41) is -0.518. The number of likely N-dealkylation sites (N-methyl/N-ethyl adjacent to an activating group) is 1. The van der Waals surface area contributed by atoms with Gasteiger partial charge in [-0.25, -0.2) is 0 Å². The van der Waals surface area contributed by atoms with Crippen LogP contribution in [0.1, 0.15) is 23.4 Å². The van der Waals surface area contributed by atoms with Crippen molar-refractivity contribution in [3.63, 3.8) is 0 Å². The molecule has 1 nitrogen and oxygen atoms in total. The molecule has 0 bridgehead atoms. The molecule has 0 spiro atoms. The predicted molar refractivity (Wildman–Crippen MR) is 80.1 cm³/mol. The zero-order valence-corrected chi connectivity index (χ0v) is 13.5. The van der Waals surface area contributed by atoms with E-state index in [0.717, 1.165) is 12.1 Å². The van der Waals surface area contributed by atoms with Crippen molar-refractivity contribution in [1.29, 1.82) is 0 Å². The van der Waals surface area contributed by atoms with Crippen LogP contribution in [0.15, 0.2) is 24.3 Å². The average Bonchev–Trinajstić information content (AvgIpc) is 2.36. The molecule has 0 N–H and O–H groups in total. The highest BCUT2D eigenvalue weighted by atomic mass is 35.5. The number of halogens is 6. The molecule has 0 aliphatic carbocycles. The maximum absolute atomic E-state index is 12.6. The van der Waals surface area contributed by atoms with Crippen LogP contribution in [0.5, 0.6) is 0 Å². The van der Waals surface area contributed by atoms with Gasteiger partial charge in [0.15, 0.2) is 0 Å². The summed E-state index contributed by atoms with van der Waals surface area (Å²) in [5.74, 6) is 0.451. The normalized spacial score (nSPS) is 14.8. The quantitative estimate of drug-likeness (QED) is 0.678. The Morgan fingerprint density at radius 3 is 2.40 bits per heavy atom. The van der Waals surface area contributed by atoms with Crippen molar-refractivity contribution in [2.45, 2.75) is 24.5 Å². The van der Waals surface area contributed by atoms with Crippen molar-refractivity contribution in [3.05, 3.63) is 35.4 Å². The Hall–Kier alpha value is -0.160. The minimum absolute atomic E-state index is 0. The summed E-state index contributed by atoms with van der Waals surface area (Å²) < 4.78 is 37.9. The van der Waals surface area contributed by atoms with Gasteiger partial charge in [0, 0.05) is 18.5 Å². The van der Waals surface area contributed by atoms with Crippen molar-refractivity contribution >= 4 is 35.6 Å². The molecule has 0 amide bonds. The summed E-state index contributed by atoms with van der Waals surface area (Å²) in [6, 6.07) is 5.02. The summed E-state index contributed by atoms with van der Waals surface area (Å²) in [4.78, 5) is 1.92. The second-order valence-corrected chi connectivity index (χ2v) is 5.28. The smallest absolute Gasteiger partial charge is 0.301 e. The van der Waals surface area contributed by atoms with Crippen LogP contribution in [0.2, 0.25) is 0 Å². The van der Waals surface area contributed by atoms with E-state index in [4.69, 9.17) is 23.2 Å². The van der Waals surface area contributed by atoms with Gasteiger partial charge in [-0.2, -0.15) is 13.2 Å². The first-order chi connectivity index (χ1) is 8.77. The maximum atomic E-state index is 12.6. The summed E-state index contributed by atoms with van der Waals surface area (Å²) in [5.41, 5.74) is -0.215. The van der Waals surface area contributed by atoms with E-state index < -0.39 is 17.1 Å². The molecule has 7 heteroatoms. The maximum Gasteiger partial charge on any atom is 0.416 e. The second kappa shape index (κ2) is 8.32. The molecule has 0 fully saturated rings. The Morgan fingerprint density at radius 1 is 1.30 bits per heavy atom. The molecule has 0 aliphatic heterocycles. The lowest BCUT2D eigenvalue weighted by atomic mass is 10.0. The highest BCUT2D eigenvalue weighted by Gasteiger charge is 2.31. The van der Waals surface area contributed by atoms with Crippen LogP contribution in [-0.2, 0) is 6.18 Å². The number of alkyl halides is 5. The molecule has 0 saturated heterocycles. The van der Waals surface area contributed by atoms with Crippen LogP contribution >= 0.6 is 35.6 Å². The fourth-order valence-electron chi connectivity index (χ4n) is 1.73. The van der Waals surface area contributed by atoms with Crippen molar-refractivity contribution in [2.24, 2.45) is 0 Å². The van der Waals surface area contributed by atoms with Gasteiger partial charge in [-0.3, -0.25) is 0 Å². The van der Waals surface area contributed by atoms with Crippen LogP contribution in [0.3, 0.4) is 0 Å². The fourth-order valence-corrected chi connectivity index (χ4v) is 2.32. The highest BCUT2D eigenvalue weighted by molar-refractivity contribution is 6.21. The standard InChI is InChI=1S/C13H16Cl2F3N.ClH/c1-9(19(2)7-6-14)12(15)10-4-3-5-11(8-10)13(16,17)18;/h3-5,8-9,12H,6-7H2,1-2H3;1H. The van der Waals surface area contributed by atoms with Gasteiger partial charge in [0.2, 0.25) is 0 Å². The van der Waals surface area contributed by atoms with E-state index >= 15 is 0 Å². The third kappa shape index (κ3) is 5.32. The molecular formula is C13H17Cl3F3N. The van der Waals surface area contributed by atoms with Crippen molar-refractivity contribution in [3.8, 4) is 0 Å². The van der Waals surface area contributed by atoms with E-state index in [2.05, 4.69) is 0 Å². The minimum atomic E-state index is -4.35. The summed E-state index contributed by atoms with van der Waals surface area (Å²) in [6.07, 6.45) is -4.35. The minimum Gasteiger partial charge on any atom is -0.301 e. The van der Waals surface area contributed by atoms with Crippen molar-refractivity contribution < 1.29 is 13.2 Å². The van der Waals surface area contributed by atoms with Gasteiger partial charge in [-0.05, 0) is 25.6 Å². The molecule has 0 saturated carbocycles. The van der Waals surface area contributed by atoms with E-state index in [1.165, 1.54) is 6.07 Å². The van der Waals surface area contributed by atoms with Crippen LogP contribution in [-0.4, -0.2) is 30.4 Å². The Bertz CT molecular complexity index is 412. The van der Waals surface area contributed by atoms with E-state index in [1.807, 2.05) is 18.9 Å². The number of hydrogen-bond donors (Lipinski definition) is 0. The Labute approximate surface area is 133 Å². The number of nitrogens with zero attached hydrogens (tertiary/aromatic N) is 1. The Kier molecular flexibility index (Phi) is 8.26. The lowest BCUT2D eigenvalue weighted by Gasteiger charge is -2.28. The number of hydrogen-bond acceptors (Lipinski definition) is 1. The van der Waals surface area contributed by atoms with E-state index in [9.17, 15) is 13.2 Å². The Balaban J connectivity index is 0.00000361. The van der Waals surface area contributed by atoms with E-state index in [1.54, 1.807) is 6.07 Å². The average molecular weight is 351 g/mol. The van der Waals surface area contributed by atoms with Gasteiger partial charge in [-0.1, -0.05) is 18.2 Å². The van der Waals surface area contributed by atoms with Gasteiger partial charge >= 0.3 is 6.18 Å². The topological polar surface area (TPSA) is 3.24 Å². The zero-order chi connectivity index (χ0) is 14.6. The van der Waals surface area contributed by atoms with Crippen LogP contribution in [0, 0.1) is 0 Å². The van der Waals surface area contributed by atoms with E-state index in [-0.39, 0.29) is 18.4 Å². The molecule has 0 heterocycles. The lowest BCUT2D eigenvalue weighted by molar-refractivity contribution is -0.137. The Morgan fingerprint density at radius 2 is 1.90 bits per heavy atom. The third-order valence-corrected chi connectivity index (χ3v) is 3.87. The summed E-state index contributed by atoms with van der Waals surface area (Å²) >= 11 is 11.9. The summed E-state index contributed by atoms with van der Waals surface area (Å²) in [6.45, 7) is 2.50. The molecule has 0 radical (unpaired) electrons. The zero-order valence-electron chi connectivity index (χ0n) is 11.1. The highest BCUT2D eigenvalue weighted by Crippen LogP contribution is 2.33. The van der Waals surface area contributed by atoms with Gasteiger partial charge in [0.05, 0.1) is 10.9 Å². The largest absolute Gasteiger partial charge is 0.416 e. The van der Waals surface area contributed by atoms with Gasteiger partial charge < -0.3 is 4.90 Å². The van der Waals surface area contributed by atoms with Gasteiger partial charge in [0.1, 0.15) is 0 Å². The summed E-state index contributed by atoms with van der Waals surface area (Å²) in [7, 11) is 1.84. The molecule has 0 aromatic heterocycles. The fraction of sp³-hybridized carbons (Fsp3) is 0.538. The third-order valence-electron chi connectivity index (χ3n) is 3.09. The predicted octanol–water partition coefficient (Wildman–Crippen LogP) is 4.97. The van der Waals surface area contributed by atoms with E-state index in [0.29, 0.717) is 18.0 Å². The monoisotopic (exact) mass is 349 g/mol. The first-order valence-electron chi connectivity index (χ1n) is 5.84. The molecule has 1 aromatic carbocycles. The molecule has 1 rings (SSSR count). The van der Waals surface area contributed by atoms with Crippen molar-refractivity contribution in [2.75, 3.05) is 19.5 Å². The molecular weight excluding hydrogens is 334 g/mol. The molecule has 0 aliphatic rings. The lowest BCUT2D eigenvalue weighted by Crippen LogP contribution is -2.34. The van der Waals surface area contributed by atoms with Gasteiger partial charge in [-0.15, -0.1) is 35.6 Å². The van der Waals surface area contributed by atoms with Crippen molar-refractivity contribution in [1.82, 2.24) is 4.90 Å². The molecule has 2 unspecified atom stereocenters. The molecule has 2 atom stereocenters. The number of benzene rings is 1. The SMILES string of the molecule is CC(C(Cl)c1cccc(C(F)(F)F)c1)N(C)CCCl.Cl. The second-order valence-electron chi connectivity index (χ2n) is 4.44. The van der Waals surface area contributed by atoms with Crippen LogP contribution in [0.4, 0.5) is 13.2 Å². The number of rotatable bonds is 5. The van der Waals surface area contributed by atoms with Gasteiger partial charge in [0.25, 0.3) is 0 Å². The molecule has 20 heavy (non-hydrogen) atoms. The van der Waals surface area contributed by atoms with Crippen LogP contribution in [0.25, 0.3) is 0 Å². The molecule has 1 aromatic rings.